The van der Waals surface area contributed by atoms with Gasteiger partial charge in [0.2, 0.25) is 5.91 Å². The molecule has 1 atom stereocenters. The van der Waals surface area contributed by atoms with Crippen molar-refractivity contribution in [3.05, 3.63) is 72.0 Å². The molecular formula is C20H21NO2S. The first-order valence-electron chi connectivity index (χ1n) is 8.09. The second kappa shape index (κ2) is 8.06. The van der Waals surface area contributed by atoms with E-state index >= 15 is 0 Å². The molecule has 3 rings (SSSR count). The molecule has 0 bridgehead atoms. The van der Waals surface area contributed by atoms with Crippen LogP contribution >= 0.6 is 11.8 Å². The number of furan rings is 1. The molecule has 0 fully saturated rings. The van der Waals surface area contributed by atoms with Gasteiger partial charge in [-0.2, -0.15) is 0 Å². The number of nitrogens with one attached hydrogen (secondary N) is 1. The third-order valence-electron chi connectivity index (χ3n) is 3.74. The van der Waals surface area contributed by atoms with Crippen molar-refractivity contribution in [2.75, 3.05) is 5.75 Å². The van der Waals surface area contributed by atoms with Crippen LogP contribution < -0.4 is 5.32 Å². The van der Waals surface area contributed by atoms with Crippen molar-refractivity contribution in [2.24, 2.45) is 0 Å². The summed E-state index contributed by atoms with van der Waals surface area (Å²) in [6, 6.07) is 20.2. The van der Waals surface area contributed by atoms with Gasteiger partial charge in [0.05, 0.1) is 5.75 Å². The van der Waals surface area contributed by atoms with E-state index in [0.29, 0.717) is 12.2 Å². The third kappa shape index (κ3) is 4.65. The van der Waals surface area contributed by atoms with Crippen LogP contribution in [0.3, 0.4) is 0 Å². The van der Waals surface area contributed by atoms with Gasteiger partial charge in [-0.25, -0.2) is 0 Å². The van der Waals surface area contributed by atoms with E-state index in [1.807, 2.05) is 55.5 Å². The number of hydrogen-bond donors (Lipinski definition) is 1. The lowest BCUT2D eigenvalue weighted by Gasteiger charge is -2.12. The molecule has 1 aromatic heterocycles. The summed E-state index contributed by atoms with van der Waals surface area (Å²) in [5.74, 6) is 2.30. The van der Waals surface area contributed by atoms with Crippen LogP contribution in [-0.2, 0) is 17.0 Å². The third-order valence-corrected chi connectivity index (χ3v) is 4.74. The quantitative estimate of drug-likeness (QED) is 0.693. The number of para-hydroxylation sites is 1. The lowest BCUT2D eigenvalue weighted by molar-refractivity contribution is -0.119. The standard InChI is InChI=1S/C20H21NO2S/c1-15(11-18-12-17-9-5-6-10-19(17)23-18)21-20(22)14-24-13-16-7-3-2-4-8-16/h2-10,12,15H,11,13-14H2,1H3,(H,21,22)/t15-/m1/s1. The lowest BCUT2D eigenvalue weighted by atomic mass is 10.2. The number of fused-ring (bicyclic) bond motifs is 1. The molecule has 1 N–H and O–H groups in total. The van der Waals surface area contributed by atoms with Crippen molar-refractivity contribution >= 4 is 28.6 Å². The van der Waals surface area contributed by atoms with Crippen molar-refractivity contribution < 1.29 is 9.21 Å². The summed E-state index contributed by atoms with van der Waals surface area (Å²) in [4.78, 5) is 12.0. The van der Waals surface area contributed by atoms with Gasteiger partial charge in [0.15, 0.2) is 0 Å². The molecule has 0 aliphatic rings. The molecular weight excluding hydrogens is 318 g/mol. The highest BCUT2D eigenvalue weighted by Gasteiger charge is 2.11. The summed E-state index contributed by atoms with van der Waals surface area (Å²) in [6.07, 6.45) is 0.698. The highest BCUT2D eigenvalue weighted by atomic mass is 32.2. The van der Waals surface area contributed by atoms with Crippen molar-refractivity contribution in [3.8, 4) is 0 Å². The van der Waals surface area contributed by atoms with Crippen LogP contribution in [0.4, 0.5) is 0 Å². The van der Waals surface area contributed by atoms with Gasteiger partial charge in [-0.3, -0.25) is 4.79 Å². The van der Waals surface area contributed by atoms with Crippen LogP contribution in [-0.4, -0.2) is 17.7 Å². The normalized spacial score (nSPS) is 12.2. The van der Waals surface area contributed by atoms with Gasteiger partial charge >= 0.3 is 0 Å². The molecule has 3 aromatic rings. The summed E-state index contributed by atoms with van der Waals surface area (Å²) in [5.41, 5.74) is 2.13. The van der Waals surface area contributed by atoms with Gasteiger partial charge in [0.25, 0.3) is 0 Å². The average Bonchev–Trinajstić information content (AvgIpc) is 2.97. The van der Waals surface area contributed by atoms with Gasteiger partial charge < -0.3 is 9.73 Å². The van der Waals surface area contributed by atoms with E-state index in [0.717, 1.165) is 22.5 Å². The van der Waals surface area contributed by atoms with Gasteiger partial charge in [-0.15, -0.1) is 11.8 Å². The fourth-order valence-corrected chi connectivity index (χ4v) is 3.44. The molecule has 1 heterocycles. The second-order valence-corrected chi connectivity index (χ2v) is 6.89. The Morgan fingerprint density at radius 3 is 2.67 bits per heavy atom. The monoisotopic (exact) mass is 339 g/mol. The fraction of sp³-hybridized carbons (Fsp3) is 0.250. The predicted molar refractivity (Wildman–Crippen MR) is 100 cm³/mol. The Hall–Kier alpha value is -2.20. The van der Waals surface area contributed by atoms with Gasteiger partial charge in [0.1, 0.15) is 11.3 Å². The molecule has 3 nitrogen and oxygen atoms in total. The minimum Gasteiger partial charge on any atom is -0.461 e. The predicted octanol–water partition coefficient (Wildman–Crippen LogP) is 4.41. The molecule has 0 unspecified atom stereocenters. The van der Waals surface area contributed by atoms with Crippen molar-refractivity contribution in [3.63, 3.8) is 0 Å². The number of thioether (sulfide) groups is 1. The van der Waals surface area contributed by atoms with E-state index in [9.17, 15) is 4.79 Å². The Balaban J connectivity index is 1.44. The van der Waals surface area contributed by atoms with Crippen LogP contribution in [0.5, 0.6) is 0 Å². The first kappa shape index (κ1) is 16.7. The van der Waals surface area contributed by atoms with Crippen molar-refractivity contribution in [1.29, 1.82) is 0 Å². The van der Waals surface area contributed by atoms with Crippen molar-refractivity contribution in [2.45, 2.75) is 25.1 Å². The zero-order valence-corrected chi connectivity index (χ0v) is 14.5. The minimum atomic E-state index is 0.0513. The number of hydrogen-bond acceptors (Lipinski definition) is 3. The Morgan fingerprint density at radius 2 is 1.88 bits per heavy atom. The maximum Gasteiger partial charge on any atom is 0.230 e. The molecule has 4 heteroatoms. The fourth-order valence-electron chi connectivity index (χ4n) is 2.64. The van der Waals surface area contributed by atoms with Gasteiger partial charge in [-0.1, -0.05) is 48.5 Å². The molecule has 0 saturated carbocycles. The van der Waals surface area contributed by atoms with Crippen LogP contribution in [0, 0.1) is 0 Å². The summed E-state index contributed by atoms with van der Waals surface area (Å²) < 4.78 is 5.80. The maximum absolute atomic E-state index is 12.0. The zero-order valence-electron chi connectivity index (χ0n) is 13.7. The van der Waals surface area contributed by atoms with Crippen molar-refractivity contribution in [1.82, 2.24) is 5.32 Å². The van der Waals surface area contributed by atoms with E-state index < -0.39 is 0 Å². The Bertz CT molecular complexity index is 765. The molecule has 0 aliphatic heterocycles. The lowest BCUT2D eigenvalue weighted by Crippen LogP contribution is -2.35. The molecule has 24 heavy (non-hydrogen) atoms. The average molecular weight is 339 g/mol. The largest absolute Gasteiger partial charge is 0.461 e. The minimum absolute atomic E-state index is 0.0513. The van der Waals surface area contributed by atoms with E-state index in [1.165, 1.54) is 5.56 Å². The highest BCUT2D eigenvalue weighted by molar-refractivity contribution is 7.99. The Kier molecular flexibility index (Phi) is 5.59. The van der Waals surface area contributed by atoms with Gasteiger partial charge in [-0.05, 0) is 24.6 Å². The summed E-state index contributed by atoms with van der Waals surface area (Å²) in [7, 11) is 0. The highest BCUT2D eigenvalue weighted by Crippen LogP contribution is 2.19. The maximum atomic E-state index is 12.0. The topological polar surface area (TPSA) is 42.2 Å². The SMILES string of the molecule is C[C@H](Cc1cc2ccccc2o1)NC(=O)CSCc1ccccc1. The van der Waals surface area contributed by atoms with Gasteiger partial charge in [0, 0.05) is 23.6 Å². The van der Waals surface area contributed by atoms with Crippen LogP contribution in [0.25, 0.3) is 11.0 Å². The summed E-state index contributed by atoms with van der Waals surface area (Å²) in [6.45, 7) is 2.01. The first-order chi connectivity index (χ1) is 11.7. The first-order valence-corrected chi connectivity index (χ1v) is 9.24. The summed E-state index contributed by atoms with van der Waals surface area (Å²) >= 11 is 1.63. The molecule has 0 aliphatic carbocycles. The Labute approximate surface area is 146 Å². The smallest absolute Gasteiger partial charge is 0.230 e. The number of rotatable bonds is 7. The molecule has 0 saturated heterocycles. The van der Waals surface area contributed by atoms with E-state index in [2.05, 4.69) is 17.4 Å². The molecule has 0 radical (unpaired) electrons. The summed E-state index contributed by atoms with van der Waals surface area (Å²) in [5, 5.41) is 4.14. The molecule has 124 valence electrons. The molecule has 1 amide bonds. The number of amides is 1. The van der Waals surface area contributed by atoms with E-state index in [4.69, 9.17) is 4.42 Å². The molecule has 0 spiro atoms. The Morgan fingerprint density at radius 1 is 1.12 bits per heavy atom. The second-order valence-electron chi connectivity index (χ2n) is 5.90. The molecule has 2 aromatic carbocycles. The van der Waals surface area contributed by atoms with E-state index in [1.54, 1.807) is 11.8 Å². The van der Waals surface area contributed by atoms with Crippen LogP contribution in [0.1, 0.15) is 18.2 Å². The van der Waals surface area contributed by atoms with E-state index in [-0.39, 0.29) is 11.9 Å². The van der Waals surface area contributed by atoms with Crippen LogP contribution in [0.15, 0.2) is 65.1 Å². The zero-order chi connectivity index (χ0) is 16.8. The number of benzene rings is 2. The number of carbonyl (C=O) groups excluding carboxylic acids is 1. The number of carbonyl (C=O) groups is 1. The van der Waals surface area contributed by atoms with Crippen LogP contribution in [0.2, 0.25) is 0 Å².